The van der Waals surface area contributed by atoms with Gasteiger partial charge in [-0.2, -0.15) is 0 Å². The average molecular weight is 479 g/mol. The first-order valence-corrected chi connectivity index (χ1v) is 11.9. The van der Waals surface area contributed by atoms with Crippen molar-refractivity contribution < 1.29 is 19.4 Å². The van der Waals surface area contributed by atoms with Crippen molar-refractivity contribution in [3.63, 3.8) is 0 Å². The van der Waals surface area contributed by atoms with Crippen LogP contribution < -0.4 is 11.1 Å². The average Bonchev–Trinajstić information content (AvgIpc) is 2.77. The molecule has 188 valence electrons. The molecule has 6 heteroatoms. The third kappa shape index (κ3) is 10.3. The van der Waals surface area contributed by atoms with Crippen molar-refractivity contribution in [3.8, 4) is 0 Å². The number of nitrogens with two attached hydrogens (primary N) is 1. The molecule has 35 heavy (non-hydrogen) atoms. The third-order valence-corrected chi connectivity index (χ3v) is 5.14. The molecule has 0 fully saturated rings. The molecule has 3 aromatic carbocycles. The standard InChI is InChI=1S/C26H32N2O3.C3H6O/c1-26(2,3)31-25(30)28-23(17-18-9-5-4-6-10-18)24(29)22(27)16-19-13-14-20-11-7-8-12-21(20)15-19;1-3(2)4/h4-15,22-24,29H,16-17,27H2,1-3H3,(H,28,30);1-2H3/t22-,23-,24+;/m1./s1. The Kier molecular flexibility index (Phi) is 10.4. The topological polar surface area (TPSA) is 102 Å². The molecule has 1 amide bonds. The van der Waals surface area contributed by atoms with Gasteiger partial charge >= 0.3 is 6.09 Å². The second-order valence-corrected chi connectivity index (χ2v) is 9.89. The van der Waals surface area contributed by atoms with E-state index in [4.69, 9.17) is 10.5 Å². The summed E-state index contributed by atoms with van der Waals surface area (Å²) in [5, 5.41) is 16.2. The number of amides is 1. The summed E-state index contributed by atoms with van der Waals surface area (Å²) in [6.07, 6.45) is -0.565. The van der Waals surface area contributed by atoms with E-state index in [2.05, 4.69) is 29.6 Å². The van der Waals surface area contributed by atoms with Crippen LogP contribution in [0.25, 0.3) is 10.8 Å². The number of alkyl carbamates (subject to hydrolysis) is 1. The lowest BCUT2D eigenvalue weighted by atomic mass is 9.92. The van der Waals surface area contributed by atoms with Crippen LogP contribution in [0.15, 0.2) is 72.8 Å². The summed E-state index contributed by atoms with van der Waals surface area (Å²) in [7, 11) is 0. The Morgan fingerprint density at radius 2 is 1.46 bits per heavy atom. The van der Waals surface area contributed by atoms with Gasteiger partial charge in [-0.3, -0.25) is 0 Å². The van der Waals surface area contributed by atoms with E-state index in [9.17, 15) is 14.7 Å². The summed E-state index contributed by atoms with van der Waals surface area (Å²) in [6, 6.07) is 22.9. The number of rotatable bonds is 7. The molecule has 0 saturated heterocycles. The van der Waals surface area contributed by atoms with Crippen molar-refractivity contribution in [2.75, 3.05) is 0 Å². The normalized spacial score (nSPS) is 13.7. The van der Waals surface area contributed by atoms with E-state index < -0.39 is 29.9 Å². The van der Waals surface area contributed by atoms with Crippen molar-refractivity contribution in [2.45, 2.75) is 71.2 Å². The summed E-state index contributed by atoms with van der Waals surface area (Å²) < 4.78 is 5.40. The number of benzene rings is 3. The molecular formula is C29H38N2O4. The molecule has 3 rings (SSSR count). The Hall–Kier alpha value is -3.22. The SMILES string of the molecule is CC(C)(C)OC(=O)N[C@H](Cc1ccccc1)[C@@H](O)[C@H](N)Cc1ccc2ccccc2c1.CC(C)=O. The number of fused-ring (bicyclic) bond motifs is 1. The minimum atomic E-state index is -0.945. The quantitative estimate of drug-likeness (QED) is 0.453. The highest BCUT2D eigenvalue weighted by Crippen LogP contribution is 2.18. The molecule has 0 saturated carbocycles. The first-order chi connectivity index (χ1) is 16.4. The van der Waals surface area contributed by atoms with Crippen molar-refractivity contribution >= 4 is 22.6 Å². The van der Waals surface area contributed by atoms with Gasteiger partial charge in [-0.15, -0.1) is 0 Å². The molecule has 0 aromatic heterocycles. The zero-order valence-electron chi connectivity index (χ0n) is 21.3. The van der Waals surface area contributed by atoms with E-state index in [-0.39, 0.29) is 5.78 Å². The summed E-state index contributed by atoms with van der Waals surface area (Å²) >= 11 is 0. The smallest absolute Gasteiger partial charge is 0.407 e. The first kappa shape index (κ1) is 28.0. The van der Waals surface area contributed by atoms with Gasteiger partial charge in [-0.25, -0.2) is 4.79 Å². The van der Waals surface area contributed by atoms with Crippen LogP contribution >= 0.6 is 0 Å². The van der Waals surface area contributed by atoms with Gasteiger partial charge in [0.2, 0.25) is 0 Å². The minimum Gasteiger partial charge on any atom is -0.444 e. The van der Waals surface area contributed by atoms with Crippen LogP contribution in [0.4, 0.5) is 4.79 Å². The summed E-state index contributed by atoms with van der Waals surface area (Å²) in [4.78, 5) is 21.9. The summed E-state index contributed by atoms with van der Waals surface area (Å²) in [5.74, 6) is 0.167. The monoisotopic (exact) mass is 478 g/mol. The van der Waals surface area contributed by atoms with Crippen LogP contribution in [-0.2, 0) is 22.4 Å². The van der Waals surface area contributed by atoms with Gasteiger partial charge in [0.1, 0.15) is 11.4 Å². The molecular weight excluding hydrogens is 440 g/mol. The van der Waals surface area contributed by atoms with E-state index in [1.165, 1.54) is 13.8 Å². The lowest BCUT2D eigenvalue weighted by Gasteiger charge is -2.30. The molecule has 0 bridgehead atoms. The molecule has 6 nitrogen and oxygen atoms in total. The number of hydrogen-bond donors (Lipinski definition) is 3. The van der Waals surface area contributed by atoms with Gasteiger partial charge in [0.15, 0.2) is 0 Å². The van der Waals surface area contributed by atoms with Crippen molar-refractivity contribution in [2.24, 2.45) is 5.73 Å². The Balaban J connectivity index is 0.00000100. The van der Waals surface area contributed by atoms with Gasteiger partial charge in [-0.05, 0) is 69.4 Å². The Morgan fingerprint density at radius 1 is 0.886 bits per heavy atom. The van der Waals surface area contributed by atoms with Crippen LogP contribution in [-0.4, -0.2) is 40.8 Å². The Morgan fingerprint density at radius 3 is 2.06 bits per heavy atom. The predicted molar refractivity (Wildman–Crippen MR) is 141 cm³/mol. The Bertz CT molecular complexity index is 1090. The number of ether oxygens (including phenoxy) is 1. The molecule has 0 heterocycles. The predicted octanol–water partition coefficient (Wildman–Crippen LogP) is 4.80. The number of nitrogens with one attached hydrogen (secondary N) is 1. The number of aliphatic hydroxyl groups is 1. The largest absolute Gasteiger partial charge is 0.444 e. The molecule has 0 aliphatic rings. The molecule has 4 N–H and O–H groups in total. The lowest BCUT2D eigenvalue weighted by molar-refractivity contribution is -0.115. The van der Waals surface area contributed by atoms with E-state index in [0.29, 0.717) is 12.8 Å². The zero-order chi connectivity index (χ0) is 26.0. The number of ketones is 1. The highest BCUT2D eigenvalue weighted by atomic mass is 16.6. The summed E-state index contributed by atoms with van der Waals surface area (Å²) in [5.41, 5.74) is 7.83. The number of aliphatic hydroxyl groups excluding tert-OH is 1. The highest BCUT2D eigenvalue weighted by molar-refractivity contribution is 5.83. The number of carbonyl (C=O) groups excluding carboxylic acids is 2. The van der Waals surface area contributed by atoms with Crippen LogP contribution in [0.3, 0.4) is 0 Å². The molecule has 0 unspecified atom stereocenters. The van der Waals surface area contributed by atoms with Crippen LogP contribution in [0, 0.1) is 0 Å². The van der Waals surface area contributed by atoms with E-state index in [0.717, 1.165) is 21.9 Å². The zero-order valence-corrected chi connectivity index (χ0v) is 21.3. The first-order valence-electron chi connectivity index (χ1n) is 11.9. The lowest BCUT2D eigenvalue weighted by Crippen LogP contribution is -2.53. The van der Waals surface area contributed by atoms with Gasteiger partial charge in [0, 0.05) is 6.04 Å². The van der Waals surface area contributed by atoms with Gasteiger partial charge in [0.25, 0.3) is 0 Å². The fourth-order valence-electron chi connectivity index (χ4n) is 3.64. The van der Waals surface area contributed by atoms with Crippen molar-refractivity contribution in [3.05, 3.63) is 83.9 Å². The van der Waals surface area contributed by atoms with Crippen molar-refractivity contribution in [1.29, 1.82) is 0 Å². The number of Topliss-reactive ketones (excluding diaryl/α,β-unsaturated/α-hetero) is 1. The van der Waals surface area contributed by atoms with Crippen molar-refractivity contribution in [1.82, 2.24) is 5.32 Å². The van der Waals surface area contributed by atoms with Crippen LogP contribution in [0.1, 0.15) is 45.7 Å². The molecule has 0 radical (unpaired) electrons. The summed E-state index contributed by atoms with van der Waals surface area (Å²) in [6.45, 7) is 8.47. The van der Waals surface area contributed by atoms with Gasteiger partial charge in [-0.1, -0.05) is 72.8 Å². The maximum Gasteiger partial charge on any atom is 0.407 e. The van der Waals surface area contributed by atoms with Crippen LogP contribution in [0.5, 0.6) is 0 Å². The molecule has 3 aromatic rings. The minimum absolute atomic E-state index is 0.167. The highest BCUT2D eigenvalue weighted by Gasteiger charge is 2.29. The van der Waals surface area contributed by atoms with E-state index in [1.807, 2.05) is 48.5 Å². The maximum atomic E-state index is 12.4. The Labute approximate surface area is 208 Å². The molecule has 3 atom stereocenters. The van der Waals surface area contributed by atoms with Crippen LogP contribution in [0.2, 0.25) is 0 Å². The number of hydrogen-bond acceptors (Lipinski definition) is 5. The fraction of sp³-hybridized carbons (Fsp3) is 0.379. The second kappa shape index (κ2) is 13.0. The molecule has 0 aliphatic carbocycles. The maximum absolute atomic E-state index is 12.4. The number of carbonyl (C=O) groups is 2. The third-order valence-electron chi connectivity index (χ3n) is 5.14. The van der Waals surface area contributed by atoms with E-state index >= 15 is 0 Å². The fourth-order valence-corrected chi connectivity index (χ4v) is 3.64. The van der Waals surface area contributed by atoms with E-state index in [1.54, 1.807) is 20.8 Å². The molecule has 0 aliphatic heterocycles. The van der Waals surface area contributed by atoms with Gasteiger partial charge < -0.3 is 25.7 Å². The molecule has 0 spiro atoms. The second-order valence-electron chi connectivity index (χ2n) is 9.89. The van der Waals surface area contributed by atoms with Gasteiger partial charge in [0.05, 0.1) is 12.1 Å².